The molecule has 0 bridgehead atoms. The molecule has 1 aromatic carbocycles. The van der Waals surface area contributed by atoms with Crippen LogP contribution in [0, 0.1) is 5.82 Å². The van der Waals surface area contributed by atoms with Gasteiger partial charge in [0.25, 0.3) is 0 Å². The van der Waals surface area contributed by atoms with Crippen molar-refractivity contribution in [2.24, 2.45) is 4.99 Å². The number of rotatable bonds is 2. The van der Waals surface area contributed by atoms with Gasteiger partial charge in [0.15, 0.2) is 11.5 Å². The third-order valence-electron chi connectivity index (χ3n) is 2.03. The van der Waals surface area contributed by atoms with E-state index in [4.69, 9.17) is 9.47 Å². The Bertz CT molecular complexity index is 427. The van der Waals surface area contributed by atoms with Crippen molar-refractivity contribution in [1.82, 2.24) is 0 Å². The van der Waals surface area contributed by atoms with Gasteiger partial charge in [0, 0.05) is 11.6 Å². The lowest BCUT2D eigenvalue weighted by atomic mass is 10.2. The SMILES string of the molecule is O=C=NCc1cc2c(cc1F)OCCO2. The maximum absolute atomic E-state index is 13.4. The lowest BCUT2D eigenvalue weighted by Crippen LogP contribution is -2.15. The van der Waals surface area contributed by atoms with E-state index in [0.717, 1.165) is 0 Å². The molecule has 5 heteroatoms. The average molecular weight is 209 g/mol. The first-order chi connectivity index (χ1) is 7.31. The largest absolute Gasteiger partial charge is 0.486 e. The van der Waals surface area contributed by atoms with Crippen molar-refractivity contribution in [3.8, 4) is 11.5 Å². The molecule has 1 aromatic rings. The standard InChI is InChI=1S/C10H8FNO3/c11-8-4-10-9(14-1-2-15-10)3-7(8)5-12-6-13/h3-4H,1-2,5H2. The zero-order chi connectivity index (χ0) is 10.7. The number of carbonyl (C=O) groups excluding carboxylic acids is 1. The van der Waals surface area contributed by atoms with Gasteiger partial charge in [-0.25, -0.2) is 14.2 Å². The number of halogens is 1. The van der Waals surface area contributed by atoms with Gasteiger partial charge in [-0.05, 0) is 6.07 Å². The number of hydrogen-bond donors (Lipinski definition) is 0. The van der Waals surface area contributed by atoms with Crippen LogP contribution < -0.4 is 9.47 Å². The molecule has 4 nitrogen and oxygen atoms in total. The summed E-state index contributed by atoms with van der Waals surface area (Å²) in [5.74, 6) is 0.412. The van der Waals surface area contributed by atoms with Crippen molar-refractivity contribution >= 4 is 6.08 Å². The monoisotopic (exact) mass is 209 g/mol. The van der Waals surface area contributed by atoms with Crippen molar-refractivity contribution in [2.45, 2.75) is 6.54 Å². The van der Waals surface area contributed by atoms with Gasteiger partial charge in [-0.1, -0.05) is 0 Å². The van der Waals surface area contributed by atoms with E-state index in [1.165, 1.54) is 18.2 Å². The van der Waals surface area contributed by atoms with Crippen LogP contribution >= 0.6 is 0 Å². The Labute approximate surface area is 85.3 Å². The summed E-state index contributed by atoms with van der Waals surface area (Å²) in [7, 11) is 0. The highest BCUT2D eigenvalue weighted by Crippen LogP contribution is 2.32. The Morgan fingerprint density at radius 2 is 2.00 bits per heavy atom. The molecule has 0 amide bonds. The summed E-state index contributed by atoms with van der Waals surface area (Å²) < 4.78 is 23.8. The minimum atomic E-state index is -0.460. The van der Waals surface area contributed by atoms with E-state index in [-0.39, 0.29) is 6.54 Å². The summed E-state index contributed by atoms with van der Waals surface area (Å²) in [6.45, 7) is 0.819. The molecule has 0 unspecified atom stereocenters. The summed E-state index contributed by atoms with van der Waals surface area (Å²) in [4.78, 5) is 13.2. The van der Waals surface area contributed by atoms with E-state index in [1.807, 2.05) is 0 Å². The van der Waals surface area contributed by atoms with E-state index in [1.54, 1.807) is 0 Å². The zero-order valence-corrected chi connectivity index (χ0v) is 7.83. The quantitative estimate of drug-likeness (QED) is 0.546. The highest BCUT2D eigenvalue weighted by Gasteiger charge is 2.15. The molecule has 0 N–H and O–H groups in total. The first-order valence-electron chi connectivity index (χ1n) is 4.43. The minimum absolute atomic E-state index is 0.0357. The highest BCUT2D eigenvalue weighted by molar-refractivity contribution is 5.45. The van der Waals surface area contributed by atoms with Crippen molar-refractivity contribution in [1.29, 1.82) is 0 Å². The van der Waals surface area contributed by atoms with Crippen LogP contribution in [0.5, 0.6) is 11.5 Å². The maximum atomic E-state index is 13.4. The van der Waals surface area contributed by atoms with Crippen LogP contribution in [-0.2, 0) is 11.3 Å². The van der Waals surface area contributed by atoms with Crippen LogP contribution in [0.25, 0.3) is 0 Å². The van der Waals surface area contributed by atoms with E-state index in [9.17, 15) is 9.18 Å². The Balaban J connectivity index is 2.35. The van der Waals surface area contributed by atoms with Gasteiger partial charge < -0.3 is 9.47 Å². The summed E-state index contributed by atoms with van der Waals surface area (Å²) in [6.07, 6.45) is 1.36. The maximum Gasteiger partial charge on any atom is 0.235 e. The first kappa shape index (κ1) is 9.68. The molecule has 1 heterocycles. The number of nitrogens with zero attached hydrogens (tertiary/aromatic N) is 1. The molecule has 0 fully saturated rings. The Morgan fingerprint density at radius 1 is 1.33 bits per heavy atom. The zero-order valence-electron chi connectivity index (χ0n) is 7.83. The number of aliphatic imine (C=N–C) groups is 1. The number of ether oxygens (including phenoxy) is 2. The number of hydrogen-bond acceptors (Lipinski definition) is 4. The molecule has 15 heavy (non-hydrogen) atoms. The molecule has 0 aliphatic carbocycles. The molecule has 0 spiro atoms. The summed E-state index contributed by atoms with van der Waals surface area (Å²) in [5.41, 5.74) is 0.294. The second kappa shape index (κ2) is 4.11. The van der Waals surface area contributed by atoms with E-state index >= 15 is 0 Å². The number of fused-ring (bicyclic) bond motifs is 1. The van der Waals surface area contributed by atoms with E-state index in [2.05, 4.69) is 4.99 Å². The highest BCUT2D eigenvalue weighted by atomic mass is 19.1. The van der Waals surface area contributed by atoms with Crippen molar-refractivity contribution in [2.75, 3.05) is 13.2 Å². The molecule has 0 saturated heterocycles. The fraction of sp³-hybridized carbons (Fsp3) is 0.300. The van der Waals surface area contributed by atoms with Gasteiger partial charge in [-0.3, -0.25) is 0 Å². The lowest BCUT2D eigenvalue weighted by molar-refractivity contribution is 0.170. The minimum Gasteiger partial charge on any atom is -0.486 e. The second-order valence-electron chi connectivity index (χ2n) is 2.99. The van der Waals surface area contributed by atoms with Gasteiger partial charge >= 0.3 is 0 Å². The molecule has 0 aromatic heterocycles. The molecule has 0 atom stereocenters. The first-order valence-corrected chi connectivity index (χ1v) is 4.43. The van der Waals surface area contributed by atoms with E-state index in [0.29, 0.717) is 30.3 Å². The van der Waals surface area contributed by atoms with Crippen molar-refractivity contribution in [3.63, 3.8) is 0 Å². The van der Waals surface area contributed by atoms with Crippen LogP contribution in [0.2, 0.25) is 0 Å². The molecule has 0 saturated carbocycles. The number of isocyanates is 1. The molecular weight excluding hydrogens is 201 g/mol. The molecule has 1 aliphatic rings. The predicted molar refractivity (Wildman–Crippen MR) is 49.2 cm³/mol. The van der Waals surface area contributed by atoms with Gasteiger partial charge in [-0.2, -0.15) is 0 Å². The normalized spacial score (nSPS) is 13.1. The fourth-order valence-electron chi connectivity index (χ4n) is 1.34. The third kappa shape index (κ3) is 1.97. The molecule has 2 rings (SSSR count). The van der Waals surface area contributed by atoms with E-state index < -0.39 is 5.82 Å². The van der Waals surface area contributed by atoms with Crippen LogP contribution in [0.1, 0.15) is 5.56 Å². The van der Waals surface area contributed by atoms with Gasteiger partial charge in [-0.15, -0.1) is 0 Å². The third-order valence-corrected chi connectivity index (χ3v) is 2.03. The number of benzene rings is 1. The smallest absolute Gasteiger partial charge is 0.235 e. The topological polar surface area (TPSA) is 47.9 Å². The van der Waals surface area contributed by atoms with Crippen LogP contribution in [0.15, 0.2) is 17.1 Å². The van der Waals surface area contributed by atoms with Crippen LogP contribution in [0.3, 0.4) is 0 Å². The van der Waals surface area contributed by atoms with Crippen molar-refractivity contribution < 1.29 is 18.7 Å². The average Bonchev–Trinajstić information content (AvgIpc) is 2.26. The predicted octanol–water partition coefficient (Wildman–Crippen LogP) is 1.43. The van der Waals surface area contributed by atoms with Gasteiger partial charge in [0.2, 0.25) is 6.08 Å². The molecule has 0 radical (unpaired) electrons. The summed E-state index contributed by atoms with van der Waals surface area (Å²) in [5, 5.41) is 0. The Kier molecular flexibility index (Phi) is 2.65. The van der Waals surface area contributed by atoms with Crippen LogP contribution in [-0.4, -0.2) is 19.3 Å². The summed E-state index contributed by atoms with van der Waals surface area (Å²) >= 11 is 0. The Hall–Kier alpha value is -1.87. The lowest BCUT2D eigenvalue weighted by Gasteiger charge is -2.18. The second-order valence-corrected chi connectivity index (χ2v) is 2.99. The molecule has 78 valence electrons. The molecular formula is C10H8FNO3. The van der Waals surface area contributed by atoms with Crippen molar-refractivity contribution in [3.05, 3.63) is 23.5 Å². The van der Waals surface area contributed by atoms with Crippen LogP contribution in [0.4, 0.5) is 4.39 Å². The summed E-state index contributed by atoms with van der Waals surface area (Å²) in [6, 6.07) is 2.73. The molecule has 1 aliphatic heterocycles. The van der Waals surface area contributed by atoms with Gasteiger partial charge in [0.1, 0.15) is 19.0 Å². The fourth-order valence-corrected chi connectivity index (χ4v) is 1.34. The van der Waals surface area contributed by atoms with Gasteiger partial charge in [0.05, 0.1) is 6.54 Å². The Morgan fingerprint density at radius 3 is 2.67 bits per heavy atom.